The van der Waals surface area contributed by atoms with Gasteiger partial charge in [-0.1, -0.05) is 15.9 Å². The number of fused-ring (bicyclic) bond motifs is 1. The van der Waals surface area contributed by atoms with Crippen LogP contribution in [0.3, 0.4) is 0 Å². The zero-order chi connectivity index (χ0) is 15.5. The van der Waals surface area contributed by atoms with E-state index in [0.29, 0.717) is 30.4 Å². The van der Waals surface area contributed by atoms with Crippen molar-refractivity contribution >= 4 is 32.6 Å². The van der Waals surface area contributed by atoms with E-state index < -0.39 is 10.8 Å². The molecule has 2 saturated heterocycles. The summed E-state index contributed by atoms with van der Waals surface area (Å²) in [5.74, 6) is 2.05. The van der Waals surface area contributed by atoms with Gasteiger partial charge in [0.15, 0.2) is 0 Å². The molecule has 2 heterocycles. The highest BCUT2D eigenvalue weighted by Gasteiger charge is 2.37. The molecular formula is C16H21BrN2O2S. The summed E-state index contributed by atoms with van der Waals surface area (Å²) in [6.45, 7) is 3.88. The topological polar surface area (TPSA) is 49.4 Å². The van der Waals surface area contributed by atoms with Crippen LogP contribution in [0.15, 0.2) is 33.6 Å². The molecule has 22 heavy (non-hydrogen) atoms. The molecule has 3 rings (SSSR count). The van der Waals surface area contributed by atoms with Crippen LogP contribution in [-0.4, -0.2) is 46.9 Å². The first-order valence-electron chi connectivity index (χ1n) is 7.76. The standard InChI is InChI=1S/C16H21BrN2O2S/c17-14-3-5-15(6-4-14)22(21)7-1-2-16(20)19-10-12-8-18-9-13(12)11-19/h3-6,12-13,18H,1-2,7-11H2/t12-,13+,22?. The fourth-order valence-electron chi connectivity index (χ4n) is 3.28. The molecular weight excluding hydrogens is 364 g/mol. The third-order valence-corrected chi connectivity index (χ3v) is 6.53. The van der Waals surface area contributed by atoms with Crippen LogP contribution in [0.5, 0.6) is 0 Å². The lowest BCUT2D eigenvalue weighted by atomic mass is 10.0. The molecule has 4 nitrogen and oxygen atoms in total. The van der Waals surface area contributed by atoms with E-state index in [2.05, 4.69) is 21.2 Å². The number of hydrogen-bond acceptors (Lipinski definition) is 3. The molecule has 2 aliphatic rings. The largest absolute Gasteiger partial charge is 0.342 e. The number of nitrogens with one attached hydrogen (secondary N) is 1. The van der Waals surface area contributed by atoms with Gasteiger partial charge in [-0.15, -0.1) is 0 Å². The molecule has 1 unspecified atom stereocenters. The Balaban J connectivity index is 1.42. The molecule has 1 aromatic rings. The Hall–Kier alpha value is -0.720. The van der Waals surface area contributed by atoms with Gasteiger partial charge in [0, 0.05) is 47.7 Å². The fraction of sp³-hybridized carbons (Fsp3) is 0.562. The summed E-state index contributed by atoms with van der Waals surface area (Å²) in [6.07, 6.45) is 1.20. The molecule has 0 aliphatic carbocycles. The highest BCUT2D eigenvalue weighted by molar-refractivity contribution is 9.10. The zero-order valence-corrected chi connectivity index (χ0v) is 14.9. The molecule has 3 atom stereocenters. The van der Waals surface area contributed by atoms with Gasteiger partial charge in [-0.3, -0.25) is 9.00 Å². The number of hydrogen-bond donors (Lipinski definition) is 1. The van der Waals surface area contributed by atoms with Crippen molar-refractivity contribution in [3.63, 3.8) is 0 Å². The first-order chi connectivity index (χ1) is 10.6. The van der Waals surface area contributed by atoms with Gasteiger partial charge < -0.3 is 10.2 Å². The maximum Gasteiger partial charge on any atom is 0.222 e. The highest BCUT2D eigenvalue weighted by Crippen LogP contribution is 2.26. The Kier molecular flexibility index (Phi) is 5.31. The Bertz CT molecular complexity index is 552. The van der Waals surface area contributed by atoms with Crippen LogP contribution in [-0.2, 0) is 15.6 Å². The van der Waals surface area contributed by atoms with Crippen LogP contribution < -0.4 is 5.32 Å². The lowest BCUT2D eigenvalue weighted by molar-refractivity contribution is -0.130. The molecule has 0 saturated carbocycles. The lowest BCUT2D eigenvalue weighted by Crippen LogP contribution is -2.31. The van der Waals surface area contributed by atoms with E-state index in [9.17, 15) is 9.00 Å². The number of benzene rings is 1. The summed E-state index contributed by atoms with van der Waals surface area (Å²) >= 11 is 3.37. The highest BCUT2D eigenvalue weighted by atomic mass is 79.9. The van der Waals surface area contributed by atoms with Crippen LogP contribution in [0.1, 0.15) is 12.8 Å². The monoisotopic (exact) mass is 384 g/mol. The molecule has 0 bridgehead atoms. The molecule has 2 aliphatic heterocycles. The Morgan fingerprint density at radius 1 is 1.23 bits per heavy atom. The van der Waals surface area contributed by atoms with Crippen molar-refractivity contribution in [3.8, 4) is 0 Å². The van der Waals surface area contributed by atoms with Gasteiger partial charge in [0.2, 0.25) is 5.91 Å². The van der Waals surface area contributed by atoms with Gasteiger partial charge in [0.05, 0.1) is 10.8 Å². The van der Waals surface area contributed by atoms with Crippen molar-refractivity contribution in [1.29, 1.82) is 0 Å². The van der Waals surface area contributed by atoms with Crippen LogP contribution in [0.25, 0.3) is 0 Å². The first kappa shape index (κ1) is 16.1. The number of nitrogens with zero attached hydrogens (tertiary/aromatic N) is 1. The molecule has 1 N–H and O–H groups in total. The Labute approximate surface area is 142 Å². The van der Waals surface area contributed by atoms with Gasteiger partial charge in [-0.05, 0) is 42.5 Å². The van der Waals surface area contributed by atoms with Crippen molar-refractivity contribution in [2.24, 2.45) is 11.8 Å². The van der Waals surface area contributed by atoms with Crippen molar-refractivity contribution in [2.45, 2.75) is 17.7 Å². The number of amides is 1. The van der Waals surface area contributed by atoms with E-state index in [1.54, 1.807) is 0 Å². The zero-order valence-electron chi connectivity index (χ0n) is 12.5. The summed E-state index contributed by atoms with van der Waals surface area (Å²) in [5.41, 5.74) is 0. The number of likely N-dealkylation sites (tertiary alicyclic amines) is 1. The summed E-state index contributed by atoms with van der Waals surface area (Å²) < 4.78 is 13.2. The quantitative estimate of drug-likeness (QED) is 0.844. The second kappa shape index (κ2) is 7.23. The van der Waals surface area contributed by atoms with E-state index in [1.807, 2.05) is 29.2 Å². The summed E-state index contributed by atoms with van der Waals surface area (Å²) in [6, 6.07) is 7.54. The fourth-order valence-corrected chi connectivity index (χ4v) is 4.62. The van der Waals surface area contributed by atoms with Gasteiger partial charge in [-0.25, -0.2) is 0 Å². The number of halogens is 1. The SMILES string of the molecule is O=C(CCCS(=O)c1ccc(Br)cc1)N1C[C@H]2CNC[C@H]2C1. The molecule has 1 amide bonds. The van der Waals surface area contributed by atoms with E-state index >= 15 is 0 Å². The predicted octanol–water partition coefficient (Wildman–Crippen LogP) is 2.01. The minimum absolute atomic E-state index is 0.224. The first-order valence-corrected chi connectivity index (χ1v) is 9.87. The molecule has 2 fully saturated rings. The van der Waals surface area contributed by atoms with Crippen molar-refractivity contribution in [3.05, 3.63) is 28.7 Å². The Morgan fingerprint density at radius 2 is 1.86 bits per heavy atom. The summed E-state index contributed by atoms with van der Waals surface area (Å²) in [5, 5.41) is 3.38. The number of carbonyl (C=O) groups excluding carboxylic acids is 1. The normalized spacial score (nSPS) is 25.2. The average molecular weight is 385 g/mol. The van der Waals surface area contributed by atoms with Crippen molar-refractivity contribution in [1.82, 2.24) is 10.2 Å². The number of carbonyl (C=O) groups is 1. The Morgan fingerprint density at radius 3 is 2.50 bits per heavy atom. The second-order valence-corrected chi connectivity index (χ2v) is 8.57. The van der Waals surface area contributed by atoms with Gasteiger partial charge in [0.1, 0.15) is 0 Å². The third kappa shape index (κ3) is 3.78. The van der Waals surface area contributed by atoms with Crippen LogP contribution in [0, 0.1) is 11.8 Å². The van der Waals surface area contributed by atoms with Crippen molar-refractivity contribution < 1.29 is 9.00 Å². The molecule has 0 aromatic heterocycles. The summed E-state index contributed by atoms with van der Waals surface area (Å²) in [7, 11) is -1.02. The molecule has 120 valence electrons. The van der Waals surface area contributed by atoms with Crippen LogP contribution in [0.2, 0.25) is 0 Å². The maximum atomic E-state index is 12.2. The van der Waals surface area contributed by atoms with Crippen LogP contribution >= 0.6 is 15.9 Å². The molecule has 6 heteroatoms. The minimum Gasteiger partial charge on any atom is -0.342 e. The summed E-state index contributed by atoms with van der Waals surface area (Å²) in [4.78, 5) is 15.1. The maximum absolute atomic E-state index is 12.2. The van der Waals surface area contributed by atoms with Crippen molar-refractivity contribution in [2.75, 3.05) is 31.9 Å². The molecule has 0 radical (unpaired) electrons. The molecule has 0 spiro atoms. The van der Waals surface area contributed by atoms with E-state index in [1.165, 1.54) is 0 Å². The van der Waals surface area contributed by atoms with Gasteiger partial charge in [-0.2, -0.15) is 0 Å². The van der Waals surface area contributed by atoms with E-state index in [4.69, 9.17) is 0 Å². The lowest BCUT2D eigenvalue weighted by Gasteiger charge is -2.17. The van der Waals surface area contributed by atoms with Crippen LogP contribution in [0.4, 0.5) is 0 Å². The predicted molar refractivity (Wildman–Crippen MR) is 91.1 cm³/mol. The number of rotatable bonds is 5. The molecule has 1 aromatic carbocycles. The average Bonchev–Trinajstić information content (AvgIpc) is 3.09. The smallest absolute Gasteiger partial charge is 0.222 e. The second-order valence-electron chi connectivity index (χ2n) is 6.08. The minimum atomic E-state index is -1.02. The third-order valence-electron chi connectivity index (χ3n) is 4.54. The van der Waals surface area contributed by atoms with Gasteiger partial charge in [0.25, 0.3) is 0 Å². The van der Waals surface area contributed by atoms with E-state index in [0.717, 1.165) is 35.5 Å². The van der Waals surface area contributed by atoms with Gasteiger partial charge >= 0.3 is 0 Å². The van der Waals surface area contributed by atoms with E-state index in [-0.39, 0.29) is 5.91 Å².